The van der Waals surface area contributed by atoms with Gasteiger partial charge in [0, 0.05) is 24.0 Å². The number of pyridine rings is 1. The molecule has 0 aliphatic carbocycles. The van der Waals surface area contributed by atoms with Crippen molar-refractivity contribution in [2.24, 2.45) is 0 Å². The van der Waals surface area contributed by atoms with Crippen molar-refractivity contribution in [1.29, 1.82) is 0 Å². The molecule has 3 aromatic heterocycles. The molecule has 1 aromatic carbocycles. The lowest BCUT2D eigenvalue weighted by molar-refractivity contribution is 0.304. The molecule has 4 aromatic rings. The lowest BCUT2D eigenvalue weighted by atomic mass is 10.2. The van der Waals surface area contributed by atoms with Gasteiger partial charge in [-0.05, 0) is 41.6 Å². The average Bonchev–Trinajstić information content (AvgIpc) is 3.15. The van der Waals surface area contributed by atoms with Crippen molar-refractivity contribution in [1.82, 2.24) is 19.1 Å². The first-order valence-electron chi connectivity index (χ1n) is 7.90. The fourth-order valence-corrected chi connectivity index (χ4v) is 3.86. The molecule has 0 atom stereocenters. The van der Waals surface area contributed by atoms with Crippen LogP contribution < -0.4 is 5.69 Å². The summed E-state index contributed by atoms with van der Waals surface area (Å²) in [7, 11) is 2.08. The SMILES string of the molecule is CN(CCn1nc2ccccn2c1=O)Cc1csc2ccccc12. The minimum atomic E-state index is -0.0833. The fraction of sp³-hybridized carbons (Fsp3) is 0.222. The van der Waals surface area contributed by atoms with E-state index < -0.39 is 0 Å². The van der Waals surface area contributed by atoms with E-state index in [4.69, 9.17) is 0 Å². The van der Waals surface area contributed by atoms with Crippen molar-refractivity contribution >= 4 is 27.1 Å². The highest BCUT2D eigenvalue weighted by atomic mass is 32.1. The third kappa shape index (κ3) is 2.74. The van der Waals surface area contributed by atoms with Gasteiger partial charge in [0.1, 0.15) is 0 Å². The summed E-state index contributed by atoms with van der Waals surface area (Å²) in [6, 6.07) is 14.0. The van der Waals surface area contributed by atoms with Crippen LogP contribution in [0, 0.1) is 0 Å². The van der Waals surface area contributed by atoms with Crippen LogP contribution in [0.2, 0.25) is 0 Å². The Morgan fingerprint density at radius 1 is 1.17 bits per heavy atom. The van der Waals surface area contributed by atoms with Gasteiger partial charge in [-0.2, -0.15) is 0 Å². The van der Waals surface area contributed by atoms with Gasteiger partial charge in [-0.3, -0.25) is 4.40 Å². The van der Waals surface area contributed by atoms with E-state index in [-0.39, 0.29) is 5.69 Å². The predicted molar refractivity (Wildman–Crippen MR) is 97.6 cm³/mol. The Balaban J connectivity index is 1.47. The summed E-state index contributed by atoms with van der Waals surface area (Å²) in [6.07, 6.45) is 1.75. The van der Waals surface area contributed by atoms with E-state index in [9.17, 15) is 4.79 Å². The number of aromatic nitrogens is 3. The lowest BCUT2D eigenvalue weighted by Gasteiger charge is -2.15. The van der Waals surface area contributed by atoms with Crippen LogP contribution in [0.15, 0.2) is 58.8 Å². The summed E-state index contributed by atoms with van der Waals surface area (Å²) < 4.78 is 4.43. The molecule has 0 N–H and O–H groups in total. The number of rotatable bonds is 5. The molecule has 24 heavy (non-hydrogen) atoms. The summed E-state index contributed by atoms with van der Waals surface area (Å²) in [6.45, 7) is 2.22. The first kappa shape index (κ1) is 15.1. The second kappa shape index (κ2) is 6.22. The maximum atomic E-state index is 12.3. The van der Waals surface area contributed by atoms with E-state index in [0.29, 0.717) is 12.2 Å². The van der Waals surface area contributed by atoms with Crippen LogP contribution in [0.4, 0.5) is 0 Å². The molecule has 0 radical (unpaired) electrons. The second-order valence-electron chi connectivity index (χ2n) is 5.93. The molecule has 0 saturated heterocycles. The standard InChI is InChI=1S/C18H18N4OS/c1-20(12-14-13-24-16-7-3-2-6-15(14)16)10-11-22-18(23)21-9-5-4-8-17(21)19-22/h2-9,13H,10-12H2,1H3. The number of likely N-dealkylation sites (N-methyl/N-ethyl adjacent to an activating group) is 1. The van der Waals surface area contributed by atoms with Crippen molar-refractivity contribution in [2.45, 2.75) is 13.1 Å². The van der Waals surface area contributed by atoms with E-state index in [0.717, 1.165) is 13.1 Å². The van der Waals surface area contributed by atoms with Crippen LogP contribution in [-0.2, 0) is 13.1 Å². The van der Waals surface area contributed by atoms with Gasteiger partial charge in [0.05, 0.1) is 6.54 Å². The molecule has 0 aliphatic heterocycles. The third-order valence-electron chi connectivity index (χ3n) is 4.18. The molecule has 0 unspecified atom stereocenters. The molecular formula is C18H18N4OS. The number of benzene rings is 1. The highest BCUT2D eigenvalue weighted by molar-refractivity contribution is 7.17. The van der Waals surface area contributed by atoms with Crippen LogP contribution in [0.3, 0.4) is 0 Å². The normalized spacial score (nSPS) is 11.8. The maximum absolute atomic E-state index is 12.3. The van der Waals surface area contributed by atoms with Crippen molar-refractivity contribution < 1.29 is 0 Å². The van der Waals surface area contributed by atoms with Crippen molar-refractivity contribution in [3.63, 3.8) is 0 Å². The third-order valence-corrected chi connectivity index (χ3v) is 5.20. The number of nitrogens with zero attached hydrogens (tertiary/aromatic N) is 4. The van der Waals surface area contributed by atoms with Crippen LogP contribution in [0.5, 0.6) is 0 Å². The number of hydrogen-bond donors (Lipinski definition) is 0. The van der Waals surface area contributed by atoms with Gasteiger partial charge in [-0.15, -0.1) is 16.4 Å². The average molecular weight is 338 g/mol. The minimum Gasteiger partial charge on any atom is -0.300 e. The van der Waals surface area contributed by atoms with E-state index in [1.54, 1.807) is 21.9 Å². The largest absolute Gasteiger partial charge is 0.350 e. The Kier molecular flexibility index (Phi) is 3.92. The van der Waals surface area contributed by atoms with Gasteiger partial charge >= 0.3 is 5.69 Å². The molecule has 4 rings (SSSR count). The zero-order valence-electron chi connectivity index (χ0n) is 13.4. The number of thiophene rings is 1. The van der Waals surface area contributed by atoms with Crippen LogP contribution in [0.1, 0.15) is 5.56 Å². The fourth-order valence-electron chi connectivity index (χ4n) is 2.90. The molecule has 6 heteroatoms. The van der Waals surface area contributed by atoms with E-state index >= 15 is 0 Å². The van der Waals surface area contributed by atoms with E-state index in [1.165, 1.54) is 20.3 Å². The zero-order chi connectivity index (χ0) is 16.5. The van der Waals surface area contributed by atoms with Gasteiger partial charge in [-0.1, -0.05) is 24.3 Å². The number of fused-ring (bicyclic) bond motifs is 2. The Hall–Kier alpha value is -2.44. The second-order valence-corrected chi connectivity index (χ2v) is 6.84. The Labute approximate surface area is 143 Å². The molecule has 0 fully saturated rings. The van der Waals surface area contributed by atoms with E-state index in [1.807, 2.05) is 18.2 Å². The molecule has 0 spiro atoms. The van der Waals surface area contributed by atoms with E-state index in [2.05, 4.69) is 46.7 Å². The first-order valence-corrected chi connectivity index (χ1v) is 8.78. The van der Waals surface area contributed by atoms with Gasteiger partial charge in [0.15, 0.2) is 5.65 Å². The van der Waals surface area contributed by atoms with Gasteiger partial charge in [-0.25, -0.2) is 9.48 Å². The summed E-state index contributed by atoms with van der Waals surface area (Å²) in [5.74, 6) is 0. The smallest absolute Gasteiger partial charge is 0.300 e. The summed E-state index contributed by atoms with van der Waals surface area (Å²) in [4.78, 5) is 14.5. The molecule has 0 aliphatic rings. The van der Waals surface area contributed by atoms with Gasteiger partial charge in [0.2, 0.25) is 0 Å². The van der Waals surface area contributed by atoms with Crippen LogP contribution in [0.25, 0.3) is 15.7 Å². The molecule has 0 bridgehead atoms. The van der Waals surface area contributed by atoms with Crippen molar-refractivity contribution in [3.05, 3.63) is 70.1 Å². The van der Waals surface area contributed by atoms with Crippen LogP contribution in [-0.4, -0.2) is 32.7 Å². The highest BCUT2D eigenvalue weighted by Crippen LogP contribution is 2.26. The molecule has 0 saturated carbocycles. The molecule has 0 amide bonds. The van der Waals surface area contributed by atoms with Gasteiger partial charge < -0.3 is 4.90 Å². The quantitative estimate of drug-likeness (QED) is 0.562. The molecular weight excluding hydrogens is 320 g/mol. The lowest BCUT2D eigenvalue weighted by Crippen LogP contribution is -2.28. The summed E-state index contributed by atoms with van der Waals surface area (Å²) in [5.41, 5.74) is 1.94. The Bertz CT molecular complexity index is 1050. The zero-order valence-corrected chi connectivity index (χ0v) is 14.2. The van der Waals surface area contributed by atoms with Gasteiger partial charge in [0.25, 0.3) is 0 Å². The van der Waals surface area contributed by atoms with Crippen molar-refractivity contribution in [2.75, 3.05) is 13.6 Å². The Morgan fingerprint density at radius 3 is 2.88 bits per heavy atom. The Morgan fingerprint density at radius 2 is 2.00 bits per heavy atom. The first-order chi connectivity index (χ1) is 11.7. The monoisotopic (exact) mass is 338 g/mol. The minimum absolute atomic E-state index is 0.0833. The highest BCUT2D eigenvalue weighted by Gasteiger charge is 2.09. The topological polar surface area (TPSA) is 42.5 Å². The maximum Gasteiger partial charge on any atom is 0.350 e. The summed E-state index contributed by atoms with van der Waals surface area (Å²) in [5, 5.41) is 7.91. The molecule has 3 heterocycles. The number of hydrogen-bond acceptors (Lipinski definition) is 4. The predicted octanol–water partition coefficient (Wildman–Crippen LogP) is 2.84. The van der Waals surface area contributed by atoms with Crippen molar-refractivity contribution in [3.8, 4) is 0 Å². The molecule has 122 valence electrons. The molecule has 5 nitrogen and oxygen atoms in total. The van der Waals surface area contributed by atoms with Crippen LogP contribution >= 0.6 is 11.3 Å². The summed E-state index contributed by atoms with van der Waals surface area (Å²) >= 11 is 1.78.